The molecule has 0 atom stereocenters. The molecule has 1 aliphatic heterocycles. The zero-order valence-electron chi connectivity index (χ0n) is 8.92. The normalized spacial score (nSPS) is 21.9. The maximum Gasteiger partial charge on any atom is 0.166 e. The number of Topliss-reactive ketones (excluding diaryl/α,β-unsaturated/α-hetero) is 1. The van der Waals surface area contributed by atoms with Crippen molar-refractivity contribution in [2.75, 3.05) is 6.54 Å². The van der Waals surface area contributed by atoms with E-state index in [9.17, 15) is 4.79 Å². The largest absolute Gasteiger partial charge is 0.371 e. The number of rotatable bonds is 1. The van der Waals surface area contributed by atoms with Crippen molar-refractivity contribution in [3.05, 3.63) is 23.4 Å². The van der Waals surface area contributed by atoms with Crippen LogP contribution < -0.4 is 0 Å². The standard InChI is InChI=1S/C12H17NO/c1-9(2)13-8-7-12(14)10-5-3-4-6-11(10)13/h3,5,9H,4,6-8H2,1-2H3. The van der Waals surface area contributed by atoms with Gasteiger partial charge in [0.25, 0.3) is 0 Å². The van der Waals surface area contributed by atoms with Crippen molar-refractivity contribution in [2.24, 2.45) is 0 Å². The summed E-state index contributed by atoms with van der Waals surface area (Å²) in [6.07, 6.45) is 6.92. The molecule has 2 nitrogen and oxygen atoms in total. The minimum atomic E-state index is 0.327. The van der Waals surface area contributed by atoms with E-state index in [0.29, 0.717) is 18.2 Å². The van der Waals surface area contributed by atoms with Crippen LogP contribution in [-0.4, -0.2) is 23.3 Å². The van der Waals surface area contributed by atoms with Crippen molar-refractivity contribution in [2.45, 2.75) is 39.2 Å². The number of hydrogen-bond donors (Lipinski definition) is 0. The lowest BCUT2D eigenvalue weighted by Gasteiger charge is -2.36. The van der Waals surface area contributed by atoms with Gasteiger partial charge in [0.05, 0.1) is 0 Å². The Bertz CT molecular complexity index is 312. The van der Waals surface area contributed by atoms with E-state index in [0.717, 1.165) is 25.0 Å². The Morgan fingerprint density at radius 1 is 1.36 bits per heavy atom. The summed E-state index contributed by atoms with van der Waals surface area (Å²) in [4.78, 5) is 14.0. The molecule has 14 heavy (non-hydrogen) atoms. The molecule has 2 heteroatoms. The summed E-state index contributed by atoms with van der Waals surface area (Å²) in [5.41, 5.74) is 2.25. The Balaban J connectivity index is 2.36. The maximum atomic E-state index is 11.7. The van der Waals surface area contributed by atoms with Crippen LogP contribution in [-0.2, 0) is 4.79 Å². The number of carbonyl (C=O) groups excluding carboxylic acids is 1. The molecular weight excluding hydrogens is 174 g/mol. The molecule has 1 aliphatic carbocycles. The molecule has 2 rings (SSSR count). The molecule has 0 aromatic heterocycles. The van der Waals surface area contributed by atoms with E-state index in [1.165, 1.54) is 5.70 Å². The van der Waals surface area contributed by atoms with Gasteiger partial charge in [-0.2, -0.15) is 0 Å². The summed E-state index contributed by atoms with van der Waals surface area (Å²) in [5, 5.41) is 0. The summed E-state index contributed by atoms with van der Waals surface area (Å²) in [7, 11) is 0. The van der Waals surface area contributed by atoms with Gasteiger partial charge >= 0.3 is 0 Å². The molecule has 0 saturated carbocycles. The molecule has 0 N–H and O–H groups in total. The molecule has 0 amide bonds. The van der Waals surface area contributed by atoms with Gasteiger partial charge in [0, 0.05) is 30.3 Å². The van der Waals surface area contributed by atoms with Gasteiger partial charge < -0.3 is 4.90 Å². The van der Waals surface area contributed by atoms with Crippen molar-refractivity contribution in [1.82, 2.24) is 4.90 Å². The fourth-order valence-electron chi connectivity index (χ4n) is 2.27. The predicted octanol–water partition coefficient (Wildman–Crippen LogP) is 2.27. The SMILES string of the molecule is CC(C)N1CCC(=O)C2=C1CCC=C2. The third kappa shape index (κ3) is 1.49. The molecular formula is C12H17NO. The van der Waals surface area contributed by atoms with Crippen molar-refractivity contribution in [1.29, 1.82) is 0 Å². The Kier molecular flexibility index (Phi) is 2.44. The van der Waals surface area contributed by atoms with Gasteiger partial charge in [-0.15, -0.1) is 0 Å². The maximum absolute atomic E-state index is 11.7. The third-order valence-corrected chi connectivity index (χ3v) is 2.99. The first-order valence-corrected chi connectivity index (χ1v) is 5.39. The molecule has 0 spiro atoms. The lowest BCUT2D eigenvalue weighted by Crippen LogP contribution is -2.38. The van der Waals surface area contributed by atoms with E-state index in [4.69, 9.17) is 0 Å². The zero-order chi connectivity index (χ0) is 10.1. The highest BCUT2D eigenvalue weighted by Gasteiger charge is 2.26. The highest BCUT2D eigenvalue weighted by atomic mass is 16.1. The highest BCUT2D eigenvalue weighted by Crippen LogP contribution is 2.29. The Morgan fingerprint density at radius 2 is 2.14 bits per heavy atom. The van der Waals surface area contributed by atoms with Crippen molar-refractivity contribution < 1.29 is 4.79 Å². The monoisotopic (exact) mass is 191 g/mol. The molecule has 76 valence electrons. The number of allylic oxidation sites excluding steroid dienone is 4. The van der Waals surface area contributed by atoms with Crippen LogP contribution >= 0.6 is 0 Å². The van der Waals surface area contributed by atoms with Crippen LogP contribution in [0.2, 0.25) is 0 Å². The minimum Gasteiger partial charge on any atom is -0.371 e. The highest BCUT2D eigenvalue weighted by molar-refractivity contribution is 5.99. The number of hydrogen-bond acceptors (Lipinski definition) is 2. The van der Waals surface area contributed by atoms with Crippen LogP contribution in [0.5, 0.6) is 0 Å². The van der Waals surface area contributed by atoms with E-state index in [-0.39, 0.29) is 0 Å². The van der Waals surface area contributed by atoms with Gasteiger partial charge in [0.1, 0.15) is 0 Å². The van der Waals surface area contributed by atoms with Crippen molar-refractivity contribution >= 4 is 5.78 Å². The third-order valence-electron chi connectivity index (χ3n) is 2.99. The predicted molar refractivity (Wildman–Crippen MR) is 56.9 cm³/mol. The van der Waals surface area contributed by atoms with Crippen LogP contribution in [0.1, 0.15) is 33.1 Å². The van der Waals surface area contributed by atoms with E-state index in [1.807, 2.05) is 6.08 Å². The van der Waals surface area contributed by atoms with Crippen LogP contribution in [0.15, 0.2) is 23.4 Å². The van der Waals surface area contributed by atoms with Crippen molar-refractivity contribution in [3.63, 3.8) is 0 Å². The van der Waals surface area contributed by atoms with Gasteiger partial charge in [-0.25, -0.2) is 0 Å². The summed E-state index contributed by atoms with van der Waals surface area (Å²) in [6, 6.07) is 0.514. The Morgan fingerprint density at radius 3 is 2.86 bits per heavy atom. The smallest absolute Gasteiger partial charge is 0.166 e. The Hall–Kier alpha value is -1.05. The van der Waals surface area contributed by atoms with E-state index >= 15 is 0 Å². The molecule has 0 aromatic carbocycles. The molecule has 0 fully saturated rings. The molecule has 0 radical (unpaired) electrons. The second kappa shape index (κ2) is 3.60. The summed E-state index contributed by atoms with van der Waals surface area (Å²) in [6.45, 7) is 5.29. The summed E-state index contributed by atoms with van der Waals surface area (Å²) in [5.74, 6) is 0.327. The molecule has 0 unspecified atom stereocenters. The first kappa shape index (κ1) is 9.50. The second-order valence-corrected chi connectivity index (χ2v) is 4.26. The first-order valence-electron chi connectivity index (χ1n) is 5.39. The molecule has 2 aliphatic rings. The molecule has 0 saturated heterocycles. The average Bonchev–Trinajstić information content (AvgIpc) is 2.18. The van der Waals surface area contributed by atoms with Crippen LogP contribution in [0.4, 0.5) is 0 Å². The minimum absolute atomic E-state index is 0.327. The lowest BCUT2D eigenvalue weighted by molar-refractivity contribution is -0.116. The number of ketones is 1. The van der Waals surface area contributed by atoms with Crippen LogP contribution in [0, 0.1) is 0 Å². The van der Waals surface area contributed by atoms with Gasteiger partial charge in [-0.05, 0) is 26.7 Å². The average molecular weight is 191 g/mol. The summed E-state index contributed by atoms with van der Waals surface area (Å²) >= 11 is 0. The van der Waals surface area contributed by atoms with Gasteiger partial charge in [0.2, 0.25) is 0 Å². The lowest BCUT2D eigenvalue weighted by atomic mass is 9.93. The van der Waals surface area contributed by atoms with Gasteiger partial charge in [-0.1, -0.05) is 12.2 Å². The van der Waals surface area contributed by atoms with E-state index < -0.39 is 0 Å². The molecule has 0 bridgehead atoms. The van der Waals surface area contributed by atoms with Crippen LogP contribution in [0.3, 0.4) is 0 Å². The number of carbonyl (C=O) groups is 1. The van der Waals surface area contributed by atoms with E-state index in [2.05, 4.69) is 24.8 Å². The van der Waals surface area contributed by atoms with Gasteiger partial charge in [0.15, 0.2) is 5.78 Å². The fraction of sp³-hybridized carbons (Fsp3) is 0.583. The second-order valence-electron chi connectivity index (χ2n) is 4.26. The van der Waals surface area contributed by atoms with Crippen molar-refractivity contribution in [3.8, 4) is 0 Å². The molecule has 1 heterocycles. The number of nitrogens with zero attached hydrogens (tertiary/aromatic N) is 1. The Labute approximate surface area is 85.3 Å². The van der Waals surface area contributed by atoms with Gasteiger partial charge in [-0.3, -0.25) is 4.79 Å². The zero-order valence-corrected chi connectivity index (χ0v) is 8.92. The van der Waals surface area contributed by atoms with E-state index in [1.54, 1.807) is 0 Å². The topological polar surface area (TPSA) is 20.3 Å². The summed E-state index contributed by atoms with van der Waals surface area (Å²) < 4.78 is 0. The fourth-order valence-corrected chi connectivity index (χ4v) is 2.27. The quantitative estimate of drug-likeness (QED) is 0.633. The van der Waals surface area contributed by atoms with Crippen LogP contribution in [0.25, 0.3) is 0 Å². The first-order chi connectivity index (χ1) is 6.70. The molecule has 0 aromatic rings.